The molecule has 0 radical (unpaired) electrons. The molecule has 2 nitrogen and oxygen atoms in total. The van der Waals surface area contributed by atoms with E-state index in [2.05, 4.69) is 55.8 Å². The summed E-state index contributed by atoms with van der Waals surface area (Å²) in [4.78, 5) is 9.13. The molecule has 2 heterocycles. The topological polar surface area (TPSA) is 25.8 Å². The second kappa shape index (κ2) is 8.17. The molecule has 0 unspecified atom stereocenters. The minimum atomic E-state index is 0.943. The summed E-state index contributed by atoms with van der Waals surface area (Å²) in [7, 11) is 4.61. The second-order valence-corrected chi connectivity index (χ2v) is 6.16. The van der Waals surface area contributed by atoms with Crippen molar-refractivity contribution in [2.45, 2.75) is 6.42 Å². The zero-order valence-corrected chi connectivity index (χ0v) is 17.3. The van der Waals surface area contributed by atoms with Gasteiger partial charge in [0.15, 0.2) is 0 Å². The van der Waals surface area contributed by atoms with Crippen LogP contribution >= 0.6 is 9.42 Å². The van der Waals surface area contributed by atoms with Crippen molar-refractivity contribution in [3.8, 4) is 22.5 Å². The first-order valence-electron chi connectivity index (χ1n) is 8.54. The second-order valence-electron chi connectivity index (χ2n) is 6.16. The van der Waals surface area contributed by atoms with E-state index in [1.54, 1.807) is 18.8 Å². The third kappa shape index (κ3) is 3.36. The van der Waals surface area contributed by atoms with Gasteiger partial charge >= 0.3 is 28.2 Å². The number of benzene rings is 2. The third-order valence-corrected chi connectivity index (χ3v) is 4.67. The number of hydrogen-bond donors (Lipinski definition) is 0. The maximum atomic E-state index is 4.61. The van der Waals surface area contributed by atoms with Gasteiger partial charge in [-0.2, -0.15) is 0 Å². The van der Waals surface area contributed by atoms with Gasteiger partial charge in [0.05, 0.1) is 0 Å². The molecule has 0 saturated heterocycles. The number of aromatic nitrogens is 2. The molecule has 5 rings (SSSR count). The molecule has 4 heteroatoms. The fourth-order valence-electron chi connectivity index (χ4n) is 3.58. The Balaban J connectivity index is 0.000000872. The molecule has 0 spiro atoms. The Labute approximate surface area is 173 Å². The molecule has 2 aromatic heterocycles. The van der Waals surface area contributed by atoms with Gasteiger partial charge in [-0.3, -0.25) is 9.97 Å². The van der Waals surface area contributed by atoms with Crippen LogP contribution in [0.5, 0.6) is 0 Å². The Hall–Kier alpha value is -2.28. The minimum Gasteiger partial charge on any atom is -0.295 e. The zero-order valence-electron chi connectivity index (χ0n) is 14.3. The largest absolute Gasteiger partial charge is 0.295 e. The number of hydrogen-bond acceptors (Lipinski definition) is 2. The monoisotopic (exact) mass is 549 g/mol. The number of nitrogens with zero attached hydrogens (tertiary/aromatic N) is 2. The van der Waals surface area contributed by atoms with Crippen LogP contribution in [0.3, 0.4) is 0 Å². The van der Waals surface area contributed by atoms with Gasteiger partial charge in [-0.1, -0.05) is 87.6 Å². The van der Waals surface area contributed by atoms with Gasteiger partial charge < -0.3 is 0 Å². The molecule has 0 saturated carbocycles. The van der Waals surface area contributed by atoms with Crippen LogP contribution in [0.4, 0.5) is 0 Å². The van der Waals surface area contributed by atoms with Crippen molar-refractivity contribution in [1.29, 1.82) is 0 Å². The maximum absolute atomic E-state index is 4.61. The van der Waals surface area contributed by atoms with Crippen molar-refractivity contribution in [3.05, 3.63) is 90.3 Å². The van der Waals surface area contributed by atoms with Crippen LogP contribution in [0, 0.1) is 6.07 Å². The summed E-state index contributed by atoms with van der Waals surface area (Å²) < 4.78 is 0. The molecule has 0 aliphatic heterocycles. The Bertz CT molecular complexity index is 1110. The summed E-state index contributed by atoms with van der Waals surface area (Å²) in [6, 6.07) is 22.1. The van der Waals surface area contributed by atoms with Crippen LogP contribution in [0.15, 0.2) is 73.1 Å². The summed E-state index contributed by atoms with van der Waals surface area (Å²) in [5, 5.41) is 2.50. The Morgan fingerprint density at radius 1 is 0.815 bits per heavy atom. The number of rotatable bonds is 2. The minimum absolute atomic E-state index is 0.943. The van der Waals surface area contributed by atoms with E-state index in [0.717, 1.165) is 28.9 Å². The van der Waals surface area contributed by atoms with Gasteiger partial charge in [0.2, 0.25) is 0 Å². The molecule has 0 atom stereocenters. The van der Waals surface area contributed by atoms with E-state index < -0.39 is 0 Å². The summed E-state index contributed by atoms with van der Waals surface area (Å²) in [5.41, 5.74) is 6.51. The van der Waals surface area contributed by atoms with Crippen molar-refractivity contribution in [3.63, 3.8) is 0 Å². The smallest absolute Gasteiger partial charge is 0.0183 e. The molecule has 0 bridgehead atoms. The van der Waals surface area contributed by atoms with Gasteiger partial charge in [-0.15, -0.1) is 6.07 Å². The van der Waals surface area contributed by atoms with E-state index in [0.29, 0.717) is 0 Å². The van der Waals surface area contributed by atoms with E-state index in [9.17, 15) is 0 Å². The van der Waals surface area contributed by atoms with Crippen molar-refractivity contribution in [2.75, 3.05) is 0 Å². The SMILES string of the molecule is [Cl][Pt+].[c-]1c(-c2ccccn2)c2c3c(cccc3c1-c1ccccn1)CC=C2. The fourth-order valence-corrected chi connectivity index (χ4v) is 3.58. The summed E-state index contributed by atoms with van der Waals surface area (Å²) >= 11 is 1.61. The molecule has 2 aromatic carbocycles. The van der Waals surface area contributed by atoms with Gasteiger partial charge in [0, 0.05) is 23.8 Å². The zero-order chi connectivity index (χ0) is 18.6. The molecule has 0 fully saturated rings. The van der Waals surface area contributed by atoms with Gasteiger partial charge in [0.25, 0.3) is 0 Å². The van der Waals surface area contributed by atoms with Gasteiger partial charge in [-0.05, 0) is 18.6 Å². The third-order valence-electron chi connectivity index (χ3n) is 4.67. The van der Waals surface area contributed by atoms with E-state index >= 15 is 0 Å². The quantitative estimate of drug-likeness (QED) is 0.286. The predicted molar refractivity (Wildman–Crippen MR) is 108 cm³/mol. The van der Waals surface area contributed by atoms with Crippen LogP contribution in [0.25, 0.3) is 39.4 Å². The van der Waals surface area contributed by atoms with E-state index in [1.807, 2.05) is 48.8 Å². The molecule has 4 aromatic rings. The van der Waals surface area contributed by atoms with Crippen LogP contribution in [0.2, 0.25) is 0 Å². The Morgan fingerprint density at radius 3 is 2.19 bits per heavy atom. The standard InChI is InChI=1S/C23H15N2.ClH.Pt/c1-3-13-24-21(11-1)19-15-20(22-12-2-4-14-25-22)18-10-6-8-16-7-5-9-17(19)23(16)18;;/h1-7,9-14H,8H2;1H;/q-1;;+2/p-1. The van der Waals surface area contributed by atoms with Crippen LogP contribution in [-0.4, -0.2) is 9.97 Å². The molecular weight excluding hydrogens is 535 g/mol. The average Bonchev–Trinajstić information content (AvgIpc) is 2.77. The number of halogens is 1. The van der Waals surface area contributed by atoms with E-state index in [4.69, 9.17) is 0 Å². The van der Waals surface area contributed by atoms with Crippen molar-refractivity contribution < 1.29 is 18.8 Å². The van der Waals surface area contributed by atoms with Crippen molar-refractivity contribution in [1.82, 2.24) is 9.97 Å². The normalized spacial score (nSPS) is 11.8. The molecule has 1 aliphatic carbocycles. The summed E-state index contributed by atoms with van der Waals surface area (Å²) in [6.07, 6.45) is 9.05. The predicted octanol–water partition coefficient (Wildman–Crippen LogP) is 6.02. The van der Waals surface area contributed by atoms with Crippen molar-refractivity contribution >= 4 is 26.3 Å². The first-order chi connectivity index (χ1) is 13.4. The molecular formula is C23H15ClN2Pt. The molecule has 1 aliphatic rings. The number of pyridine rings is 2. The molecule has 27 heavy (non-hydrogen) atoms. The first kappa shape index (κ1) is 18.1. The van der Waals surface area contributed by atoms with E-state index in [-0.39, 0.29) is 0 Å². The molecule has 0 amide bonds. The van der Waals surface area contributed by atoms with Crippen LogP contribution < -0.4 is 0 Å². The van der Waals surface area contributed by atoms with Crippen molar-refractivity contribution in [2.24, 2.45) is 0 Å². The summed E-state index contributed by atoms with van der Waals surface area (Å²) in [6.45, 7) is 0. The van der Waals surface area contributed by atoms with Crippen LogP contribution in [0.1, 0.15) is 11.1 Å². The van der Waals surface area contributed by atoms with Crippen LogP contribution in [-0.2, 0) is 25.2 Å². The first-order valence-corrected chi connectivity index (χ1v) is 11.4. The Morgan fingerprint density at radius 2 is 1.52 bits per heavy atom. The van der Waals surface area contributed by atoms with Gasteiger partial charge in [0.1, 0.15) is 0 Å². The summed E-state index contributed by atoms with van der Waals surface area (Å²) in [5.74, 6) is 0. The average molecular weight is 550 g/mol. The fraction of sp³-hybridized carbons (Fsp3) is 0.0435. The number of allylic oxidation sites excluding steroid dienone is 1. The Kier molecular flexibility index (Phi) is 5.47. The van der Waals surface area contributed by atoms with Gasteiger partial charge in [-0.25, -0.2) is 0 Å². The maximum Gasteiger partial charge on any atom is 0.0183 e. The molecule has 134 valence electrons. The van der Waals surface area contributed by atoms with E-state index in [1.165, 1.54) is 21.9 Å². The molecule has 0 N–H and O–H groups in total.